The molecule has 3 rings (SSSR count). The summed E-state index contributed by atoms with van der Waals surface area (Å²) in [5.74, 6) is 1.81. The first kappa shape index (κ1) is 22.9. The molecule has 0 aliphatic carbocycles. The predicted octanol–water partition coefficient (Wildman–Crippen LogP) is 4.42. The molecule has 1 fully saturated rings. The normalized spacial score (nSPS) is 16.3. The van der Waals surface area contributed by atoms with E-state index in [0.717, 1.165) is 49.2 Å². The van der Waals surface area contributed by atoms with E-state index in [1.807, 2.05) is 29.2 Å². The lowest BCUT2D eigenvalue weighted by molar-refractivity contribution is 0.0748. The molecule has 2 aromatic carbocycles. The van der Waals surface area contributed by atoms with Crippen LogP contribution in [-0.2, 0) is 6.42 Å². The second-order valence-corrected chi connectivity index (χ2v) is 8.17. The maximum absolute atomic E-state index is 13.6. The van der Waals surface area contributed by atoms with Gasteiger partial charge >= 0.3 is 0 Å². The van der Waals surface area contributed by atoms with E-state index in [2.05, 4.69) is 37.4 Å². The van der Waals surface area contributed by atoms with Gasteiger partial charge in [-0.05, 0) is 62.0 Å². The number of nitrogens with zero attached hydrogens (tertiary/aromatic N) is 1. The SMILES string of the molecule is CCc1cc(C(=O)N(C/C(C)=C/c2ccccc2)CC2CCNC2)cc(OC)c1OC. The average Bonchev–Trinajstić information content (AvgIpc) is 3.30. The summed E-state index contributed by atoms with van der Waals surface area (Å²) in [6, 6.07) is 14.0. The minimum atomic E-state index is 0.0309. The molecule has 1 atom stereocenters. The monoisotopic (exact) mass is 422 g/mol. The number of ether oxygens (including phenoxy) is 2. The van der Waals surface area contributed by atoms with Crippen LogP contribution in [0, 0.1) is 5.92 Å². The fourth-order valence-electron chi connectivity index (χ4n) is 4.19. The number of benzene rings is 2. The van der Waals surface area contributed by atoms with E-state index in [-0.39, 0.29) is 5.91 Å². The molecule has 0 spiro atoms. The van der Waals surface area contributed by atoms with Gasteiger partial charge in [-0.3, -0.25) is 4.79 Å². The number of methoxy groups -OCH3 is 2. The zero-order valence-corrected chi connectivity index (χ0v) is 19.1. The van der Waals surface area contributed by atoms with Crippen molar-refractivity contribution in [1.82, 2.24) is 10.2 Å². The van der Waals surface area contributed by atoms with Gasteiger partial charge in [-0.25, -0.2) is 0 Å². The fraction of sp³-hybridized carbons (Fsp3) is 0.423. The van der Waals surface area contributed by atoms with Crippen LogP contribution in [0.5, 0.6) is 11.5 Å². The average molecular weight is 423 g/mol. The Bertz CT molecular complexity index is 877. The second-order valence-electron chi connectivity index (χ2n) is 8.17. The molecule has 5 heteroatoms. The van der Waals surface area contributed by atoms with Gasteiger partial charge in [0.2, 0.25) is 0 Å². The highest BCUT2D eigenvalue weighted by Crippen LogP contribution is 2.33. The lowest BCUT2D eigenvalue weighted by Crippen LogP contribution is -2.37. The van der Waals surface area contributed by atoms with Crippen LogP contribution >= 0.6 is 0 Å². The minimum Gasteiger partial charge on any atom is -0.493 e. The second kappa shape index (κ2) is 11.0. The summed E-state index contributed by atoms with van der Waals surface area (Å²) in [5, 5.41) is 3.41. The first-order chi connectivity index (χ1) is 15.0. The highest BCUT2D eigenvalue weighted by atomic mass is 16.5. The molecule has 1 N–H and O–H groups in total. The van der Waals surface area contributed by atoms with E-state index in [1.165, 1.54) is 0 Å². The third kappa shape index (κ3) is 5.88. The fourth-order valence-corrected chi connectivity index (χ4v) is 4.19. The van der Waals surface area contributed by atoms with Gasteiger partial charge < -0.3 is 19.7 Å². The number of amides is 1. The van der Waals surface area contributed by atoms with Gasteiger partial charge in [0.25, 0.3) is 5.91 Å². The van der Waals surface area contributed by atoms with Gasteiger partial charge in [-0.1, -0.05) is 48.9 Å². The molecular formula is C26H34N2O3. The molecule has 1 amide bonds. The van der Waals surface area contributed by atoms with E-state index in [9.17, 15) is 4.79 Å². The van der Waals surface area contributed by atoms with Gasteiger partial charge in [0.1, 0.15) is 0 Å². The van der Waals surface area contributed by atoms with Crippen LogP contribution < -0.4 is 14.8 Å². The van der Waals surface area contributed by atoms with Gasteiger partial charge in [-0.2, -0.15) is 0 Å². The number of nitrogens with one attached hydrogen (secondary N) is 1. The van der Waals surface area contributed by atoms with Crippen molar-refractivity contribution in [3.05, 3.63) is 64.7 Å². The zero-order chi connectivity index (χ0) is 22.2. The molecular weight excluding hydrogens is 388 g/mol. The van der Waals surface area contributed by atoms with Crippen LogP contribution in [0.2, 0.25) is 0 Å². The van der Waals surface area contributed by atoms with Crippen LogP contribution in [0.25, 0.3) is 6.08 Å². The number of hydrogen-bond acceptors (Lipinski definition) is 4. The van der Waals surface area contributed by atoms with Crippen LogP contribution in [0.1, 0.15) is 41.8 Å². The molecule has 1 unspecified atom stereocenters. The summed E-state index contributed by atoms with van der Waals surface area (Å²) in [5.41, 5.74) is 3.92. The summed E-state index contributed by atoms with van der Waals surface area (Å²) < 4.78 is 11.1. The number of rotatable bonds is 9. The quantitative estimate of drug-likeness (QED) is 0.650. The van der Waals surface area contributed by atoms with E-state index in [0.29, 0.717) is 29.5 Å². The highest BCUT2D eigenvalue weighted by Gasteiger charge is 2.24. The van der Waals surface area contributed by atoms with Crippen LogP contribution in [0.3, 0.4) is 0 Å². The van der Waals surface area contributed by atoms with Gasteiger partial charge in [-0.15, -0.1) is 0 Å². The van der Waals surface area contributed by atoms with Crippen molar-refractivity contribution in [3.63, 3.8) is 0 Å². The van der Waals surface area contributed by atoms with Crippen LogP contribution in [0.4, 0.5) is 0 Å². The molecule has 0 saturated carbocycles. The zero-order valence-electron chi connectivity index (χ0n) is 19.1. The van der Waals surface area contributed by atoms with Crippen molar-refractivity contribution in [2.45, 2.75) is 26.7 Å². The number of carbonyl (C=O) groups is 1. The minimum absolute atomic E-state index is 0.0309. The summed E-state index contributed by atoms with van der Waals surface area (Å²) in [4.78, 5) is 15.6. The molecule has 1 saturated heterocycles. The van der Waals surface area contributed by atoms with E-state index in [4.69, 9.17) is 9.47 Å². The smallest absolute Gasteiger partial charge is 0.254 e. The van der Waals surface area contributed by atoms with Crippen LogP contribution in [-0.4, -0.2) is 51.2 Å². The summed E-state index contributed by atoms with van der Waals surface area (Å²) in [6.07, 6.45) is 4.01. The molecule has 1 aliphatic heterocycles. The van der Waals surface area contributed by atoms with Gasteiger partial charge in [0.15, 0.2) is 11.5 Å². The van der Waals surface area contributed by atoms with E-state index >= 15 is 0 Å². The summed E-state index contributed by atoms with van der Waals surface area (Å²) >= 11 is 0. The Morgan fingerprint density at radius 2 is 1.97 bits per heavy atom. The van der Waals surface area contributed by atoms with Crippen molar-refractivity contribution in [2.75, 3.05) is 40.4 Å². The molecule has 166 valence electrons. The number of hydrogen-bond donors (Lipinski definition) is 1. The van der Waals surface area contributed by atoms with Gasteiger partial charge in [0, 0.05) is 18.7 Å². The number of aryl methyl sites for hydroxylation is 1. The Morgan fingerprint density at radius 1 is 1.19 bits per heavy atom. The van der Waals surface area contributed by atoms with Gasteiger partial charge in [0.05, 0.1) is 14.2 Å². The lowest BCUT2D eigenvalue weighted by atomic mass is 10.0. The molecule has 2 aromatic rings. The van der Waals surface area contributed by atoms with E-state index in [1.54, 1.807) is 20.3 Å². The highest BCUT2D eigenvalue weighted by molar-refractivity contribution is 5.95. The Balaban J connectivity index is 1.89. The summed E-state index contributed by atoms with van der Waals surface area (Å²) in [7, 11) is 3.25. The first-order valence-electron chi connectivity index (χ1n) is 11.0. The largest absolute Gasteiger partial charge is 0.493 e. The Morgan fingerprint density at radius 3 is 2.58 bits per heavy atom. The standard InChI is InChI=1S/C26H34N2O3/c1-5-22-14-23(15-24(30-3)25(22)31-4)26(29)28(18-21-11-12-27-16-21)17-19(2)13-20-9-7-6-8-10-20/h6-10,13-15,21,27H,5,11-12,16-18H2,1-4H3/b19-13+. The Kier molecular flexibility index (Phi) is 8.13. The first-order valence-corrected chi connectivity index (χ1v) is 11.0. The summed E-state index contributed by atoms with van der Waals surface area (Å²) in [6.45, 7) is 7.45. The molecule has 0 radical (unpaired) electrons. The third-order valence-electron chi connectivity index (χ3n) is 5.76. The maximum atomic E-state index is 13.6. The Labute approximate surface area is 186 Å². The molecule has 5 nitrogen and oxygen atoms in total. The van der Waals surface area contributed by atoms with Crippen molar-refractivity contribution in [2.24, 2.45) is 5.92 Å². The van der Waals surface area contributed by atoms with E-state index < -0.39 is 0 Å². The third-order valence-corrected chi connectivity index (χ3v) is 5.76. The topological polar surface area (TPSA) is 50.8 Å². The molecule has 1 heterocycles. The molecule has 31 heavy (non-hydrogen) atoms. The van der Waals surface area contributed by atoms with Crippen molar-refractivity contribution >= 4 is 12.0 Å². The molecule has 1 aliphatic rings. The predicted molar refractivity (Wildman–Crippen MR) is 126 cm³/mol. The van der Waals surface area contributed by atoms with Crippen molar-refractivity contribution in [1.29, 1.82) is 0 Å². The maximum Gasteiger partial charge on any atom is 0.254 e. The lowest BCUT2D eigenvalue weighted by Gasteiger charge is -2.27. The molecule has 0 bridgehead atoms. The van der Waals surface area contributed by atoms with Crippen molar-refractivity contribution in [3.8, 4) is 11.5 Å². The van der Waals surface area contributed by atoms with Crippen molar-refractivity contribution < 1.29 is 14.3 Å². The Hall–Kier alpha value is -2.79. The molecule has 0 aromatic heterocycles. The number of carbonyl (C=O) groups excluding carboxylic acids is 1. The van der Waals surface area contributed by atoms with Crippen LogP contribution in [0.15, 0.2) is 48.0 Å².